The van der Waals surface area contributed by atoms with Crippen LogP contribution in [0.25, 0.3) is 0 Å². The molecule has 1 spiro atoms. The third kappa shape index (κ3) is 6.58. The molecule has 2 bridgehead atoms. The zero-order chi connectivity index (χ0) is 35.6. The van der Waals surface area contributed by atoms with Crippen LogP contribution in [0.15, 0.2) is 73.8 Å². The second-order valence-electron chi connectivity index (χ2n) is 12.9. The molecule has 3 aliphatic heterocycles. The summed E-state index contributed by atoms with van der Waals surface area (Å²) in [4.78, 5) is 60.5. The molecule has 3 amide bonds. The van der Waals surface area contributed by atoms with Gasteiger partial charge in [0.25, 0.3) is 5.91 Å². The molecule has 0 aromatic heterocycles. The van der Waals surface area contributed by atoms with E-state index in [0.717, 1.165) is 5.56 Å². The van der Waals surface area contributed by atoms with Gasteiger partial charge in [0.1, 0.15) is 17.7 Å². The van der Waals surface area contributed by atoms with Gasteiger partial charge >= 0.3 is 5.97 Å². The number of β-amino-alcohol motifs (C(OH)–C–C–N with tert-alkyl or cyclic N) is 1. The van der Waals surface area contributed by atoms with Crippen molar-refractivity contribution in [1.29, 1.82) is 0 Å². The van der Waals surface area contributed by atoms with Crippen LogP contribution in [0.3, 0.4) is 0 Å². The van der Waals surface area contributed by atoms with Crippen LogP contribution in [0.2, 0.25) is 5.02 Å². The van der Waals surface area contributed by atoms with E-state index in [1.807, 2.05) is 50.2 Å². The second kappa shape index (κ2) is 15.2. The number of rotatable bonds is 14. The summed E-state index contributed by atoms with van der Waals surface area (Å²) in [6, 6.07) is 12.7. The van der Waals surface area contributed by atoms with Crippen molar-refractivity contribution >= 4 is 56.9 Å². The van der Waals surface area contributed by atoms with Gasteiger partial charge in [0.05, 0.1) is 41.3 Å². The summed E-state index contributed by atoms with van der Waals surface area (Å²) in [5, 5.41) is 10.4. The topological polar surface area (TPSA) is 117 Å². The summed E-state index contributed by atoms with van der Waals surface area (Å²) in [6.45, 7) is 10.8. The molecule has 3 heterocycles. The Morgan fingerprint density at radius 3 is 2.53 bits per heavy atom. The Hall–Kier alpha value is -3.51. The maximum absolute atomic E-state index is 14.7. The molecule has 3 fully saturated rings. The minimum Gasteiger partial charge on any atom is -0.455 e. The lowest BCUT2D eigenvalue weighted by atomic mass is 9.70. The molecule has 3 saturated heterocycles. The molecule has 10 nitrogen and oxygen atoms in total. The summed E-state index contributed by atoms with van der Waals surface area (Å²) in [7, 11) is 1.67. The van der Waals surface area contributed by atoms with Crippen LogP contribution < -0.4 is 4.90 Å². The van der Waals surface area contributed by atoms with Gasteiger partial charge < -0.3 is 29.3 Å². The largest absolute Gasteiger partial charge is 0.455 e. The molecule has 3 aliphatic rings. The molecule has 5 rings (SSSR count). The van der Waals surface area contributed by atoms with Crippen LogP contribution in [0, 0.1) is 18.8 Å². The Bertz CT molecular complexity index is 1590. The Labute approximate surface area is 300 Å². The number of hydrogen-bond donors (Lipinski definition) is 1. The van der Waals surface area contributed by atoms with Gasteiger partial charge in [-0.15, -0.1) is 13.2 Å². The van der Waals surface area contributed by atoms with Crippen molar-refractivity contribution in [2.75, 3.05) is 31.6 Å². The van der Waals surface area contributed by atoms with E-state index in [2.05, 4.69) is 29.1 Å². The lowest BCUT2D eigenvalue weighted by Gasteiger charge is -2.37. The maximum atomic E-state index is 14.7. The van der Waals surface area contributed by atoms with Crippen LogP contribution in [-0.2, 0) is 28.7 Å². The van der Waals surface area contributed by atoms with E-state index in [1.165, 1.54) is 9.80 Å². The number of carbonyl (C=O) groups is 4. The molecule has 0 saturated carbocycles. The molecule has 12 heteroatoms. The first-order valence-electron chi connectivity index (χ1n) is 16.5. The smallest absolute Gasteiger partial charge is 0.313 e. The molecular weight excluding hydrogens is 714 g/mol. The third-order valence-electron chi connectivity index (χ3n) is 10.0. The number of fused-ring (bicyclic) bond motifs is 1. The molecule has 0 aliphatic carbocycles. The van der Waals surface area contributed by atoms with Crippen LogP contribution >= 0.6 is 27.5 Å². The molecule has 2 aromatic rings. The number of aliphatic hydroxyl groups is 1. The lowest BCUT2D eigenvalue weighted by Crippen LogP contribution is -2.57. The zero-order valence-electron chi connectivity index (χ0n) is 28.0. The summed E-state index contributed by atoms with van der Waals surface area (Å²) < 4.78 is 12.9. The van der Waals surface area contributed by atoms with Gasteiger partial charge in [-0.1, -0.05) is 82.1 Å². The van der Waals surface area contributed by atoms with Crippen LogP contribution in [-0.4, -0.2) is 94.0 Å². The van der Waals surface area contributed by atoms with Gasteiger partial charge in [0.2, 0.25) is 11.8 Å². The number of amides is 3. The van der Waals surface area contributed by atoms with Gasteiger partial charge in [-0.25, -0.2) is 0 Å². The Kier molecular flexibility index (Phi) is 11.4. The highest BCUT2D eigenvalue weighted by Gasteiger charge is 2.77. The minimum absolute atomic E-state index is 0.101. The Balaban J connectivity index is 1.52. The number of nitrogens with zero attached hydrogens (tertiary/aromatic N) is 3. The zero-order valence-corrected chi connectivity index (χ0v) is 30.3. The number of likely N-dealkylation sites (N-methyl/N-ethyl adjacent to an activating group) is 1. The molecule has 262 valence electrons. The number of hydrogen-bond acceptors (Lipinski definition) is 7. The van der Waals surface area contributed by atoms with E-state index in [-0.39, 0.29) is 36.7 Å². The van der Waals surface area contributed by atoms with Crippen LogP contribution in [0.1, 0.15) is 43.4 Å². The fourth-order valence-corrected chi connectivity index (χ4v) is 8.95. The average Bonchev–Trinajstić information content (AvgIpc) is 3.68. The number of aliphatic hydroxyl groups excluding tert-OH is 1. The number of benzene rings is 2. The first-order valence-corrected chi connectivity index (χ1v) is 17.7. The SMILES string of the molecule is C=CCCC(=O)N(C)[C@@H](C)[C@@H](OC(=O)[C@H]1[C@@H]2O[C@@]3(CC2Br)[C@@H]1C(=O)N(CCO)[C@@H]3C(=O)N(CC=C)c1c(C)cccc1Cl)c1ccccc1. The van der Waals surface area contributed by atoms with Crippen molar-refractivity contribution in [2.24, 2.45) is 11.8 Å². The number of para-hydroxylation sites is 1. The van der Waals surface area contributed by atoms with E-state index in [4.69, 9.17) is 21.1 Å². The number of ether oxygens (including phenoxy) is 2. The van der Waals surface area contributed by atoms with E-state index >= 15 is 0 Å². The standard InChI is InChI=1S/C37H43BrClN3O7/c1-6-8-17-27(44)40(5)23(4)31(24-14-10-9-11-15-24)48-36(47)28-29-34(45)42(19-20-43)33(37(29)21-25(38)32(28)49-37)35(46)41(18-7-2)30-22(3)13-12-16-26(30)39/h6-7,9-16,23,25,28-29,31-33,43H,1-2,8,17-21H2,3-5H3/t23-,25?,28+,29-,31+,32+,33+,37-/m0/s1. The number of anilines is 1. The molecule has 49 heavy (non-hydrogen) atoms. The fraction of sp³-hybridized carbons (Fsp3) is 0.459. The number of halogens is 2. The number of aryl methyl sites for hydroxylation is 1. The summed E-state index contributed by atoms with van der Waals surface area (Å²) in [6.07, 6.45) is 2.68. The molecule has 8 atom stereocenters. The Morgan fingerprint density at radius 1 is 1.18 bits per heavy atom. The normalized spacial score (nSPS) is 26.5. The summed E-state index contributed by atoms with van der Waals surface area (Å²) in [5.74, 6) is -3.81. The molecular formula is C37H43BrClN3O7. The van der Waals surface area contributed by atoms with Crippen molar-refractivity contribution in [1.82, 2.24) is 9.80 Å². The minimum atomic E-state index is -1.38. The van der Waals surface area contributed by atoms with Crippen LogP contribution in [0.5, 0.6) is 0 Å². The number of esters is 1. The van der Waals surface area contributed by atoms with Crippen molar-refractivity contribution in [2.45, 2.75) is 67.8 Å². The first kappa shape index (κ1) is 36.8. The fourth-order valence-electron chi connectivity index (χ4n) is 7.68. The highest BCUT2D eigenvalue weighted by atomic mass is 79.9. The second-order valence-corrected chi connectivity index (χ2v) is 14.5. The van der Waals surface area contributed by atoms with Gasteiger partial charge in [-0.2, -0.15) is 0 Å². The first-order chi connectivity index (χ1) is 23.4. The molecule has 1 unspecified atom stereocenters. The van der Waals surface area contributed by atoms with Crippen LogP contribution in [0.4, 0.5) is 5.69 Å². The van der Waals surface area contributed by atoms with E-state index in [0.29, 0.717) is 22.7 Å². The van der Waals surface area contributed by atoms with Crippen molar-refractivity contribution in [3.8, 4) is 0 Å². The summed E-state index contributed by atoms with van der Waals surface area (Å²) in [5.41, 5.74) is 0.533. The van der Waals surface area contributed by atoms with Gasteiger partial charge in [-0.3, -0.25) is 19.2 Å². The predicted octanol–water partition coefficient (Wildman–Crippen LogP) is 5.01. The van der Waals surface area contributed by atoms with Gasteiger partial charge in [0.15, 0.2) is 0 Å². The predicted molar refractivity (Wildman–Crippen MR) is 190 cm³/mol. The molecule has 1 N–H and O–H groups in total. The molecule has 2 aromatic carbocycles. The van der Waals surface area contributed by atoms with Gasteiger partial charge in [-0.05, 0) is 43.9 Å². The van der Waals surface area contributed by atoms with E-state index < -0.39 is 66.1 Å². The van der Waals surface area contributed by atoms with E-state index in [1.54, 1.807) is 36.2 Å². The number of likely N-dealkylation sites (tertiary alicyclic amines) is 1. The number of allylic oxidation sites excluding steroid dienone is 1. The Morgan fingerprint density at radius 2 is 1.90 bits per heavy atom. The van der Waals surface area contributed by atoms with Gasteiger partial charge in [0, 0.05) is 31.4 Å². The van der Waals surface area contributed by atoms with Crippen molar-refractivity contribution < 1.29 is 33.8 Å². The highest BCUT2D eigenvalue weighted by Crippen LogP contribution is 2.60. The van der Waals surface area contributed by atoms with Crippen molar-refractivity contribution in [3.05, 3.63) is 90.0 Å². The average molecular weight is 757 g/mol. The third-order valence-corrected chi connectivity index (χ3v) is 11.2. The van der Waals surface area contributed by atoms with Crippen molar-refractivity contribution in [3.63, 3.8) is 0 Å². The maximum Gasteiger partial charge on any atom is 0.313 e. The quantitative estimate of drug-likeness (QED) is 0.164. The number of carbonyl (C=O) groups excluding carboxylic acids is 4. The lowest BCUT2D eigenvalue weighted by molar-refractivity contribution is -0.164. The monoisotopic (exact) mass is 755 g/mol. The van der Waals surface area contributed by atoms with E-state index in [9.17, 15) is 24.3 Å². The highest BCUT2D eigenvalue weighted by molar-refractivity contribution is 9.09. The molecule has 0 radical (unpaired) electrons. The number of alkyl halides is 1. The summed E-state index contributed by atoms with van der Waals surface area (Å²) >= 11 is 10.3.